The molecule has 0 saturated heterocycles. The molecule has 0 amide bonds. The summed E-state index contributed by atoms with van der Waals surface area (Å²) in [5.41, 5.74) is 1.94. The van der Waals surface area contributed by atoms with Gasteiger partial charge in [0.15, 0.2) is 0 Å². The second-order valence-electron chi connectivity index (χ2n) is 5.71. The number of fused-ring (bicyclic) bond motifs is 1. The van der Waals surface area contributed by atoms with Gasteiger partial charge >= 0.3 is 16.3 Å². The minimum absolute atomic E-state index is 0.144. The number of methoxy groups -OCH3 is 1. The lowest BCUT2D eigenvalue weighted by Crippen LogP contribution is -2.33. The summed E-state index contributed by atoms with van der Waals surface area (Å²) in [5, 5.41) is 0. The predicted molar refractivity (Wildman–Crippen MR) is 89.3 cm³/mol. The average molecular weight is 365 g/mol. The molecule has 3 rings (SSSR count). The van der Waals surface area contributed by atoms with Crippen molar-refractivity contribution in [1.29, 1.82) is 0 Å². The number of aryl methyl sites for hydroxylation is 1. The Balaban J connectivity index is 2.08. The van der Waals surface area contributed by atoms with Crippen molar-refractivity contribution in [1.82, 2.24) is 0 Å². The molecule has 0 aliphatic heterocycles. The summed E-state index contributed by atoms with van der Waals surface area (Å²) in [6.45, 7) is 0. The van der Waals surface area contributed by atoms with Crippen LogP contribution >= 0.6 is 0 Å². The predicted octanol–water partition coefficient (Wildman–Crippen LogP) is 2.91. The van der Waals surface area contributed by atoms with E-state index >= 15 is 0 Å². The van der Waals surface area contributed by atoms with Crippen molar-refractivity contribution in [2.75, 3.05) is 11.4 Å². The van der Waals surface area contributed by atoms with E-state index in [4.69, 9.17) is 4.74 Å². The molecule has 2 aromatic rings. The van der Waals surface area contributed by atoms with Crippen LogP contribution in [0.4, 0.5) is 10.1 Å². The molecule has 0 spiro atoms. The second kappa shape index (κ2) is 6.45. The highest BCUT2D eigenvalue weighted by Gasteiger charge is 2.35. The van der Waals surface area contributed by atoms with Gasteiger partial charge in [-0.25, -0.2) is 13.5 Å². The zero-order valence-corrected chi connectivity index (χ0v) is 14.2. The topological polar surface area (TPSA) is 83.9 Å². The maximum absolute atomic E-state index is 13.2. The smallest absolute Gasteiger partial charge is 0.360 e. The van der Waals surface area contributed by atoms with Gasteiger partial charge in [-0.15, -0.1) is 0 Å². The SMILES string of the molecule is COC(=O)c1ccc2c(c1)[C@H](N(c1ccc(F)cc1)S(=O)(=O)O)CC2. The van der Waals surface area contributed by atoms with E-state index in [1.54, 1.807) is 18.2 Å². The Morgan fingerprint density at radius 3 is 2.52 bits per heavy atom. The van der Waals surface area contributed by atoms with E-state index in [0.29, 0.717) is 24.0 Å². The van der Waals surface area contributed by atoms with Gasteiger partial charge in [0, 0.05) is 0 Å². The summed E-state index contributed by atoms with van der Waals surface area (Å²) in [6.07, 6.45) is 1.02. The first-order valence-electron chi connectivity index (χ1n) is 7.55. The first-order valence-corrected chi connectivity index (χ1v) is 8.94. The summed E-state index contributed by atoms with van der Waals surface area (Å²) >= 11 is 0. The van der Waals surface area contributed by atoms with Gasteiger partial charge in [-0.1, -0.05) is 6.07 Å². The van der Waals surface area contributed by atoms with Crippen LogP contribution in [-0.2, 0) is 21.5 Å². The molecule has 8 heteroatoms. The van der Waals surface area contributed by atoms with Crippen LogP contribution in [0, 0.1) is 5.82 Å². The number of ether oxygens (including phenoxy) is 1. The summed E-state index contributed by atoms with van der Waals surface area (Å²) in [4.78, 5) is 11.7. The molecule has 2 aromatic carbocycles. The number of carbonyl (C=O) groups excluding carboxylic acids is 1. The number of benzene rings is 2. The number of carbonyl (C=O) groups is 1. The van der Waals surface area contributed by atoms with Crippen LogP contribution in [0.2, 0.25) is 0 Å². The van der Waals surface area contributed by atoms with Gasteiger partial charge in [-0.2, -0.15) is 8.42 Å². The monoisotopic (exact) mass is 365 g/mol. The molecule has 25 heavy (non-hydrogen) atoms. The highest BCUT2D eigenvalue weighted by molar-refractivity contribution is 7.87. The number of hydrogen-bond donors (Lipinski definition) is 1. The number of anilines is 1. The molecule has 0 aromatic heterocycles. The van der Waals surface area contributed by atoms with Crippen molar-refractivity contribution in [3.05, 3.63) is 65.0 Å². The molecule has 132 valence electrons. The number of esters is 1. The lowest BCUT2D eigenvalue weighted by atomic mass is 10.0. The van der Waals surface area contributed by atoms with Crippen molar-refractivity contribution < 1.29 is 26.9 Å². The van der Waals surface area contributed by atoms with Gasteiger partial charge in [0.25, 0.3) is 0 Å². The first-order chi connectivity index (χ1) is 11.8. The van der Waals surface area contributed by atoms with Gasteiger partial charge < -0.3 is 4.74 Å². The van der Waals surface area contributed by atoms with Crippen LogP contribution in [-0.4, -0.2) is 26.0 Å². The number of halogens is 1. The number of hydrogen-bond acceptors (Lipinski definition) is 4. The number of rotatable bonds is 4. The molecule has 0 radical (unpaired) electrons. The lowest BCUT2D eigenvalue weighted by molar-refractivity contribution is 0.0600. The van der Waals surface area contributed by atoms with E-state index in [9.17, 15) is 22.2 Å². The molecule has 1 aliphatic rings. The third kappa shape index (κ3) is 3.35. The highest BCUT2D eigenvalue weighted by Crippen LogP contribution is 2.40. The van der Waals surface area contributed by atoms with Gasteiger partial charge in [-0.05, 0) is 60.4 Å². The standard InChI is InChI=1S/C17H16FNO5S/c1-24-17(20)12-3-2-11-4-9-16(15(11)10-12)19(25(21,22)23)14-7-5-13(18)6-8-14/h2-3,5-8,10,16H,4,9H2,1H3,(H,21,22,23)/t16-/m1/s1. The van der Waals surface area contributed by atoms with E-state index < -0.39 is 28.1 Å². The molecule has 6 nitrogen and oxygen atoms in total. The van der Waals surface area contributed by atoms with Crippen LogP contribution < -0.4 is 4.31 Å². The molecule has 0 fully saturated rings. The van der Waals surface area contributed by atoms with Gasteiger partial charge in [-0.3, -0.25) is 4.55 Å². The second-order valence-corrected chi connectivity index (χ2v) is 7.00. The molecule has 0 saturated carbocycles. The summed E-state index contributed by atoms with van der Waals surface area (Å²) < 4.78 is 52.4. The first kappa shape index (κ1) is 17.4. The Morgan fingerprint density at radius 2 is 1.92 bits per heavy atom. The van der Waals surface area contributed by atoms with E-state index in [1.165, 1.54) is 19.2 Å². The van der Waals surface area contributed by atoms with Crippen LogP contribution in [0.5, 0.6) is 0 Å². The Bertz CT molecular complexity index is 911. The summed E-state index contributed by atoms with van der Waals surface area (Å²) in [7, 11) is -3.34. The maximum atomic E-state index is 13.2. The fraction of sp³-hybridized carbons (Fsp3) is 0.235. The number of nitrogens with zero attached hydrogens (tertiary/aromatic N) is 1. The molecule has 1 N–H and O–H groups in total. The van der Waals surface area contributed by atoms with Gasteiger partial charge in [0.05, 0.1) is 24.4 Å². The van der Waals surface area contributed by atoms with Crippen LogP contribution in [0.25, 0.3) is 0 Å². The highest BCUT2D eigenvalue weighted by atomic mass is 32.2. The third-order valence-electron chi connectivity index (χ3n) is 4.23. The van der Waals surface area contributed by atoms with Crippen molar-refractivity contribution >= 4 is 22.0 Å². The molecule has 1 aliphatic carbocycles. The zero-order chi connectivity index (χ0) is 18.2. The largest absolute Gasteiger partial charge is 0.465 e. The lowest BCUT2D eigenvalue weighted by Gasteiger charge is -2.28. The Hall–Kier alpha value is -2.45. The Morgan fingerprint density at radius 1 is 1.24 bits per heavy atom. The molecule has 1 atom stereocenters. The van der Waals surface area contributed by atoms with Crippen molar-refractivity contribution in [3.8, 4) is 0 Å². The minimum Gasteiger partial charge on any atom is -0.465 e. The van der Waals surface area contributed by atoms with Crippen LogP contribution in [0.1, 0.15) is 33.9 Å². The fourth-order valence-electron chi connectivity index (χ4n) is 3.13. The Labute approximate surface area is 144 Å². The van der Waals surface area contributed by atoms with E-state index in [0.717, 1.165) is 22.0 Å². The van der Waals surface area contributed by atoms with Crippen molar-refractivity contribution in [2.24, 2.45) is 0 Å². The van der Waals surface area contributed by atoms with Gasteiger partial charge in [0.1, 0.15) is 5.82 Å². The molecule has 0 bridgehead atoms. The Kier molecular flexibility index (Phi) is 4.49. The molecular formula is C17H16FNO5S. The maximum Gasteiger partial charge on any atom is 0.360 e. The van der Waals surface area contributed by atoms with E-state index in [1.807, 2.05) is 0 Å². The summed E-state index contributed by atoms with van der Waals surface area (Å²) in [5.74, 6) is -1.05. The normalized spacial score (nSPS) is 16.4. The van der Waals surface area contributed by atoms with Crippen molar-refractivity contribution in [3.63, 3.8) is 0 Å². The van der Waals surface area contributed by atoms with E-state index in [-0.39, 0.29) is 5.69 Å². The van der Waals surface area contributed by atoms with E-state index in [2.05, 4.69) is 0 Å². The average Bonchev–Trinajstić information content (AvgIpc) is 2.98. The zero-order valence-electron chi connectivity index (χ0n) is 13.3. The molecule has 0 heterocycles. The van der Waals surface area contributed by atoms with Gasteiger partial charge in [0.2, 0.25) is 0 Å². The summed E-state index contributed by atoms with van der Waals surface area (Å²) in [6, 6.07) is 9.04. The molecular weight excluding hydrogens is 349 g/mol. The van der Waals surface area contributed by atoms with Crippen LogP contribution in [0.15, 0.2) is 42.5 Å². The molecule has 0 unspecified atom stereocenters. The fourth-order valence-corrected chi connectivity index (χ4v) is 4.06. The third-order valence-corrected chi connectivity index (χ3v) is 5.19. The minimum atomic E-state index is -4.60. The van der Waals surface area contributed by atoms with Crippen LogP contribution in [0.3, 0.4) is 0 Å². The van der Waals surface area contributed by atoms with Crippen molar-refractivity contribution in [2.45, 2.75) is 18.9 Å². The quantitative estimate of drug-likeness (QED) is 0.665.